The van der Waals surface area contributed by atoms with Crippen molar-refractivity contribution in [3.8, 4) is 33.4 Å². The highest BCUT2D eigenvalue weighted by atomic mass is 15.4. The first kappa shape index (κ1) is 29.0. The number of benzene rings is 9. The van der Waals surface area contributed by atoms with Gasteiger partial charge in [-0.1, -0.05) is 115 Å². The second-order valence-electron chi connectivity index (χ2n) is 13.9. The minimum absolute atomic E-state index is 0.610. The zero-order chi connectivity index (χ0) is 34.2. The van der Waals surface area contributed by atoms with Gasteiger partial charge in [-0.25, -0.2) is 0 Å². The van der Waals surface area contributed by atoms with Crippen LogP contribution >= 0.6 is 0 Å². The number of hydrogen-bond acceptors (Lipinski definition) is 1. The first-order valence-corrected chi connectivity index (χ1v) is 18.0. The SMILES string of the molecule is c1ccc(N(c2ccc3c(c2)-c2ccccc2[N+]32c3ccccc3-c3ccccc32)c2ccc3cc(-c4cccc5ccccc45)ccc3c2)cc1. The lowest BCUT2D eigenvalue weighted by Crippen LogP contribution is -2.28. The van der Waals surface area contributed by atoms with Gasteiger partial charge < -0.3 is 4.90 Å². The fourth-order valence-electron chi connectivity index (χ4n) is 8.97. The van der Waals surface area contributed by atoms with Crippen LogP contribution in [0.3, 0.4) is 0 Å². The quantitative estimate of drug-likeness (QED) is 0.170. The molecule has 0 aliphatic carbocycles. The van der Waals surface area contributed by atoms with Crippen LogP contribution in [0.25, 0.3) is 54.9 Å². The van der Waals surface area contributed by atoms with E-state index in [1.165, 1.54) is 77.7 Å². The minimum Gasteiger partial charge on any atom is -0.310 e. The number of hydrogen-bond donors (Lipinski definition) is 0. The van der Waals surface area contributed by atoms with Crippen LogP contribution < -0.4 is 9.38 Å². The third-order valence-corrected chi connectivity index (χ3v) is 11.2. The van der Waals surface area contributed by atoms with Gasteiger partial charge in [-0.3, -0.25) is 0 Å². The molecule has 0 aromatic heterocycles. The normalized spacial score (nSPS) is 13.2. The number of rotatable bonds is 4. The maximum absolute atomic E-state index is 2.41. The molecule has 2 aliphatic heterocycles. The predicted octanol–water partition coefficient (Wildman–Crippen LogP) is 14.4. The number of quaternary nitrogens is 1. The van der Waals surface area contributed by atoms with Crippen molar-refractivity contribution in [2.75, 3.05) is 4.90 Å². The Morgan fingerprint density at radius 1 is 0.288 bits per heavy atom. The van der Waals surface area contributed by atoms with E-state index in [2.05, 4.69) is 205 Å². The summed E-state index contributed by atoms with van der Waals surface area (Å²) >= 11 is 0. The van der Waals surface area contributed by atoms with Gasteiger partial charge in [0, 0.05) is 41.3 Å². The molecule has 11 rings (SSSR count). The maximum atomic E-state index is 2.41. The van der Waals surface area contributed by atoms with Crippen molar-refractivity contribution in [3.05, 3.63) is 200 Å². The molecule has 52 heavy (non-hydrogen) atoms. The second kappa shape index (κ2) is 11.1. The van der Waals surface area contributed by atoms with E-state index in [9.17, 15) is 0 Å². The molecule has 2 heterocycles. The van der Waals surface area contributed by atoms with E-state index in [-0.39, 0.29) is 0 Å². The molecule has 0 amide bonds. The van der Waals surface area contributed by atoms with Crippen molar-refractivity contribution >= 4 is 61.4 Å². The Morgan fingerprint density at radius 3 is 1.56 bits per heavy atom. The van der Waals surface area contributed by atoms with Crippen LogP contribution in [-0.4, -0.2) is 0 Å². The van der Waals surface area contributed by atoms with E-state index in [0.717, 1.165) is 17.1 Å². The lowest BCUT2D eigenvalue weighted by atomic mass is 9.96. The number of para-hydroxylation sites is 4. The van der Waals surface area contributed by atoms with Gasteiger partial charge in [0.15, 0.2) is 22.7 Å². The van der Waals surface area contributed by atoms with E-state index in [1.54, 1.807) is 0 Å². The van der Waals surface area contributed by atoms with E-state index in [0.29, 0.717) is 4.48 Å². The van der Waals surface area contributed by atoms with Crippen LogP contribution in [0.5, 0.6) is 0 Å². The van der Waals surface area contributed by atoms with Crippen molar-refractivity contribution in [2.24, 2.45) is 0 Å². The average molecular weight is 662 g/mol. The molecule has 2 aliphatic rings. The van der Waals surface area contributed by atoms with E-state index in [4.69, 9.17) is 0 Å². The predicted molar refractivity (Wildman–Crippen MR) is 220 cm³/mol. The van der Waals surface area contributed by atoms with Crippen LogP contribution in [0.2, 0.25) is 0 Å². The second-order valence-corrected chi connectivity index (χ2v) is 13.9. The molecule has 0 atom stereocenters. The highest BCUT2D eigenvalue weighted by Crippen LogP contribution is 2.69. The Hall–Kier alpha value is -6.74. The molecule has 9 aromatic carbocycles. The summed E-state index contributed by atoms with van der Waals surface area (Å²) in [5, 5.41) is 4.97. The van der Waals surface area contributed by atoms with Crippen LogP contribution in [0.4, 0.5) is 39.8 Å². The van der Waals surface area contributed by atoms with Crippen molar-refractivity contribution in [1.82, 2.24) is 4.48 Å². The zero-order valence-corrected chi connectivity index (χ0v) is 28.4. The first-order chi connectivity index (χ1) is 25.8. The smallest absolute Gasteiger partial charge is 0.156 e. The highest BCUT2D eigenvalue weighted by molar-refractivity contribution is 6.11. The molecule has 2 nitrogen and oxygen atoms in total. The lowest BCUT2D eigenvalue weighted by Gasteiger charge is -2.31. The molecular weight excluding hydrogens is 629 g/mol. The molecule has 0 saturated heterocycles. The van der Waals surface area contributed by atoms with E-state index >= 15 is 0 Å². The fraction of sp³-hybridized carbons (Fsp3) is 0. The number of anilines is 3. The summed E-state index contributed by atoms with van der Waals surface area (Å²) in [6.45, 7) is 0. The molecule has 0 radical (unpaired) electrons. The van der Waals surface area contributed by atoms with Gasteiger partial charge in [-0.2, -0.15) is 4.48 Å². The van der Waals surface area contributed by atoms with Crippen molar-refractivity contribution in [1.29, 1.82) is 0 Å². The summed E-state index contributed by atoms with van der Waals surface area (Å²) in [4.78, 5) is 2.40. The maximum Gasteiger partial charge on any atom is 0.156 e. The Labute approximate surface area is 303 Å². The molecule has 0 N–H and O–H groups in total. The summed E-state index contributed by atoms with van der Waals surface area (Å²) in [5.41, 5.74) is 16.2. The summed E-state index contributed by atoms with van der Waals surface area (Å²) in [5.74, 6) is 0. The Kier molecular flexibility index (Phi) is 6.22. The van der Waals surface area contributed by atoms with Gasteiger partial charge in [0.25, 0.3) is 0 Å². The molecule has 242 valence electrons. The molecule has 9 aromatic rings. The van der Waals surface area contributed by atoms with Crippen LogP contribution in [0.1, 0.15) is 0 Å². The molecular formula is C50H33N2+. The average Bonchev–Trinajstić information content (AvgIpc) is 3.68. The fourth-order valence-corrected chi connectivity index (χ4v) is 8.97. The standard InChI is InChI=1S/C50H33N2/c1-2-15-38(16-3-1)51(39-28-27-35-31-37(26-25-36(35)32-39)42-21-12-14-34-13-4-5-17-41(34)42)40-29-30-50-46(33-40)45-20-8-11-24-49(45)52(50)47-22-9-6-18-43(47)44-19-7-10-23-48(44)52/h1-33H/q+1. The summed E-state index contributed by atoms with van der Waals surface area (Å²) in [7, 11) is 0. The third-order valence-electron chi connectivity index (χ3n) is 11.2. The largest absolute Gasteiger partial charge is 0.310 e. The summed E-state index contributed by atoms with van der Waals surface area (Å²) in [6, 6.07) is 73.6. The summed E-state index contributed by atoms with van der Waals surface area (Å²) < 4.78 is 0.610. The van der Waals surface area contributed by atoms with Crippen molar-refractivity contribution in [2.45, 2.75) is 0 Å². The first-order valence-electron chi connectivity index (χ1n) is 18.0. The van der Waals surface area contributed by atoms with E-state index < -0.39 is 0 Å². The van der Waals surface area contributed by atoms with Crippen LogP contribution in [0, 0.1) is 0 Å². The van der Waals surface area contributed by atoms with Gasteiger partial charge in [0.2, 0.25) is 0 Å². The topological polar surface area (TPSA) is 3.24 Å². The van der Waals surface area contributed by atoms with Gasteiger partial charge in [-0.15, -0.1) is 0 Å². The molecule has 0 fully saturated rings. The zero-order valence-electron chi connectivity index (χ0n) is 28.4. The van der Waals surface area contributed by atoms with Gasteiger partial charge in [-0.05, 0) is 93.3 Å². The van der Waals surface area contributed by atoms with Gasteiger partial charge >= 0.3 is 0 Å². The summed E-state index contributed by atoms with van der Waals surface area (Å²) in [6.07, 6.45) is 0. The third kappa shape index (κ3) is 4.04. The van der Waals surface area contributed by atoms with Crippen molar-refractivity contribution in [3.63, 3.8) is 0 Å². The number of fused-ring (bicyclic) bond motifs is 12. The minimum atomic E-state index is 0.610. The molecule has 0 saturated carbocycles. The number of nitrogens with zero attached hydrogens (tertiary/aromatic N) is 2. The molecule has 2 heteroatoms. The van der Waals surface area contributed by atoms with Crippen LogP contribution in [-0.2, 0) is 0 Å². The Bertz CT molecular complexity index is 2820. The monoisotopic (exact) mass is 661 g/mol. The van der Waals surface area contributed by atoms with Crippen molar-refractivity contribution < 1.29 is 0 Å². The molecule has 1 spiro atoms. The van der Waals surface area contributed by atoms with Gasteiger partial charge in [0.1, 0.15) is 0 Å². The highest BCUT2D eigenvalue weighted by Gasteiger charge is 2.53. The Morgan fingerprint density at radius 2 is 0.808 bits per heavy atom. The van der Waals surface area contributed by atoms with E-state index in [1.807, 2.05) is 0 Å². The molecule has 0 unspecified atom stereocenters. The van der Waals surface area contributed by atoms with Crippen LogP contribution in [0.15, 0.2) is 200 Å². The van der Waals surface area contributed by atoms with Gasteiger partial charge in [0.05, 0.1) is 22.3 Å². The molecule has 0 bridgehead atoms. The Balaban J connectivity index is 1.08. The lowest BCUT2D eigenvalue weighted by molar-refractivity contribution is 0.739.